The monoisotopic (exact) mass is 400 g/mol. The van der Waals surface area contributed by atoms with E-state index in [0.29, 0.717) is 26.2 Å². The molecule has 2 heterocycles. The first-order valence-electron chi connectivity index (χ1n) is 10.7. The third kappa shape index (κ3) is 4.58. The van der Waals surface area contributed by atoms with Crippen LogP contribution in [0.1, 0.15) is 63.2 Å². The molecule has 1 aromatic carbocycles. The minimum absolute atomic E-state index is 0.0767. The lowest BCUT2D eigenvalue weighted by molar-refractivity contribution is -0.165. The number of carbonyl (C=O) groups is 2. The first-order chi connectivity index (χ1) is 13.7. The number of ether oxygens (including phenoxy) is 2. The molecule has 1 aliphatic carbocycles. The molecule has 29 heavy (non-hydrogen) atoms. The molecule has 0 bridgehead atoms. The molecule has 3 aliphatic rings. The molecule has 6 nitrogen and oxygen atoms in total. The van der Waals surface area contributed by atoms with Gasteiger partial charge in [-0.25, -0.2) is 4.79 Å². The molecule has 2 spiro atoms. The Labute approximate surface area is 173 Å². The lowest BCUT2D eigenvalue weighted by atomic mass is 9.90. The number of amides is 2. The van der Waals surface area contributed by atoms with Crippen molar-refractivity contribution < 1.29 is 19.1 Å². The van der Waals surface area contributed by atoms with Gasteiger partial charge in [-0.3, -0.25) is 4.79 Å². The maximum atomic E-state index is 13.1. The standard InChI is InChI=1S/C23H32N2O4/c1-21(2,3)28-20(27)24-14-7-10-22(13-15-24)16-25(17-23(29-22)11-12-23)19(26)18-8-5-4-6-9-18/h4-6,8-9H,7,10-17H2,1-3H3. The predicted molar refractivity (Wildman–Crippen MR) is 110 cm³/mol. The van der Waals surface area contributed by atoms with Crippen LogP contribution in [0.2, 0.25) is 0 Å². The van der Waals surface area contributed by atoms with Crippen LogP contribution in [0.25, 0.3) is 0 Å². The van der Waals surface area contributed by atoms with E-state index >= 15 is 0 Å². The number of carbonyl (C=O) groups excluding carboxylic acids is 2. The van der Waals surface area contributed by atoms with Crippen molar-refractivity contribution in [3.05, 3.63) is 35.9 Å². The lowest BCUT2D eigenvalue weighted by Gasteiger charge is -2.47. The van der Waals surface area contributed by atoms with Gasteiger partial charge in [0, 0.05) is 18.7 Å². The van der Waals surface area contributed by atoms with Crippen molar-refractivity contribution in [2.75, 3.05) is 26.2 Å². The molecule has 0 N–H and O–H groups in total. The topological polar surface area (TPSA) is 59.1 Å². The summed E-state index contributed by atoms with van der Waals surface area (Å²) in [6.45, 7) is 8.18. The predicted octanol–water partition coefficient (Wildman–Crippen LogP) is 3.85. The van der Waals surface area contributed by atoms with Crippen molar-refractivity contribution in [3.8, 4) is 0 Å². The normalized spacial score (nSPS) is 26.3. The minimum Gasteiger partial charge on any atom is -0.444 e. The quantitative estimate of drug-likeness (QED) is 0.718. The second-order valence-corrected chi connectivity index (χ2v) is 9.82. The Balaban J connectivity index is 1.48. The molecule has 158 valence electrons. The van der Waals surface area contributed by atoms with Gasteiger partial charge >= 0.3 is 6.09 Å². The maximum Gasteiger partial charge on any atom is 0.410 e. The number of rotatable bonds is 1. The molecular weight excluding hydrogens is 368 g/mol. The third-order valence-corrected chi connectivity index (χ3v) is 6.06. The summed E-state index contributed by atoms with van der Waals surface area (Å²) in [5, 5.41) is 0. The summed E-state index contributed by atoms with van der Waals surface area (Å²) in [6, 6.07) is 9.49. The van der Waals surface area contributed by atoms with Gasteiger partial charge in [-0.2, -0.15) is 0 Å². The molecule has 0 aromatic heterocycles. The average Bonchev–Trinajstić information content (AvgIpc) is 3.43. The molecule has 2 aliphatic heterocycles. The molecule has 4 rings (SSSR count). The summed E-state index contributed by atoms with van der Waals surface area (Å²) in [5.41, 5.74) is -0.344. The maximum absolute atomic E-state index is 13.1. The Kier molecular flexibility index (Phi) is 5.09. The Morgan fingerprint density at radius 1 is 0.931 bits per heavy atom. The van der Waals surface area contributed by atoms with Crippen LogP contribution in [0.15, 0.2) is 30.3 Å². The molecule has 1 aromatic rings. The number of morpholine rings is 1. The van der Waals surface area contributed by atoms with Crippen LogP contribution in [0.3, 0.4) is 0 Å². The largest absolute Gasteiger partial charge is 0.444 e. The Bertz CT molecular complexity index is 769. The number of hydrogen-bond acceptors (Lipinski definition) is 4. The highest BCUT2D eigenvalue weighted by molar-refractivity contribution is 5.94. The number of hydrogen-bond donors (Lipinski definition) is 0. The highest BCUT2D eigenvalue weighted by Crippen LogP contribution is 2.49. The van der Waals surface area contributed by atoms with Crippen LogP contribution in [-0.2, 0) is 9.47 Å². The van der Waals surface area contributed by atoms with E-state index in [9.17, 15) is 9.59 Å². The van der Waals surface area contributed by atoms with Gasteiger partial charge in [0.25, 0.3) is 5.91 Å². The van der Waals surface area contributed by atoms with E-state index < -0.39 is 5.60 Å². The fraction of sp³-hybridized carbons (Fsp3) is 0.652. The van der Waals surface area contributed by atoms with Gasteiger partial charge in [-0.1, -0.05) is 18.2 Å². The summed E-state index contributed by atoms with van der Waals surface area (Å²) >= 11 is 0. The van der Waals surface area contributed by atoms with Gasteiger partial charge in [0.05, 0.1) is 24.3 Å². The number of nitrogens with zero attached hydrogens (tertiary/aromatic N) is 2. The number of likely N-dealkylation sites (tertiary alicyclic amines) is 1. The second kappa shape index (κ2) is 7.31. The van der Waals surface area contributed by atoms with Gasteiger partial charge in [-0.15, -0.1) is 0 Å². The molecule has 0 radical (unpaired) electrons. The average molecular weight is 401 g/mol. The van der Waals surface area contributed by atoms with Gasteiger partial charge < -0.3 is 19.3 Å². The van der Waals surface area contributed by atoms with Gasteiger partial charge in [0.15, 0.2) is 0 Å². The lowest BCUT2D eigenvalue weighted by Crippen LogP contribution is -2.58. The van der Waals surface area contributed by atoms with Crippen LogP contribution in [0.4, 0.5) is 4.79 Å². The van der Waals surface area contributed by atoms with E-state index in [1.54, 1.807) is 4.90 Å². The molecule has 1 unspecified atom stereocenters. The molecule has 2 amide bonds. The highest BCUT2D eigenvalue weighted by Gasteiger charge is 2.56. The van der Waals surface area contributed by atoms with E-state index in [4.69, 9.17) is 9.47 Å². The molecule has 3 fully saturated rings. The smallest absolute Gasteiger partial charge is 0.410 e. The van der Waals surface area contributed by atoms with Crippen molar-refractivity contribution in [1.82, 2.24) is 9.80 Å². The summed E-state index contributed by atoms with van der Waals surface area (Å²) in [7, 11) is 0. The van der Waals surface area contributed by atoms with E-state index in [0.717, 1.165) is 37.7 Å². The van der Waals surface area contributed by atoms with Gasteiger partial charge in [0.1, 0.15) is 5.60 Å². The van der Waals surface area contributed by atoms with Crippen molar-refractivity contribution in [1.29, 1.82) is 0 Å². The van der Waals surface area contributed by atoms with Crippen LogP contribution in [0, 0.1) is 0 Å². The van der Waals surface area contributed by atoms with Crippen molar-refractivity contribution >= 4 is 12.0 Å². The molecule has 6 heteroatoms. The Morgan fingerprint density at radius 3 is 2.21 bits per heavy atom. The Morgan fingerprint density at radius 2 is 1.59 bits per heavy atom. The van der Waals surface area contributed by atoms with E-state index in [1.165, 1.54) is 0 Å². The fourth-order valence-corrected chi connectivity index (χ4v) is 4.52. The van der Waals surface area contributed by atoms with Gasteiger partial charge in [0.2, 0.25) is 0 Å². The second-order valence-electron chi connectivity index (χ2n) is 9.82. The Hall–Kier alpha value is -2.08. The summed E-state index contributed by atoms with van der Waals surface area (Å²) in [5.74, 6) is 0.0767. The summed E-state index contributed by atoms with van der Waals surface area (Å²) in [4.78, 5) is 29.4. The molecular formula is C23H32N2O4. The zero-order valence-electron chi connectivity index (χ0n) is 17.8. The van der Waals surface area contributed by atoms with Crippen LogP contribution in [-0.4, -0.2) is 64.8 Å². The zero-order chi connectivity index (χ0) is 20.7. The van der Waals surface area contributed by atoms with Crippen LogP contribution in [0.5, 0.6) is 0 Å². The van der Waals surface area contributed by atoms with Crippen molar-refractivity contribution in [3.63, 3.8) is 0 Å². The first kappa shape index (κ1) is 20.2. The highest BCUT2D eigenvalue weighted by atomic mass is 16.6. The van der Waals surface area contributed by atoms with E-state index in [1.807, 2.05) is 56.0 Å². The number of benzene rings is 1. The fourth-order valence-electron chi connectivity index (χ4n) is 4.52. The van der Waals surface area contributed by atoms with Gasteiger partial charge in [-0.05, 0) is 65.0 Å². The summed E-state index contributed by atoms with van der Waals surface area (Å²) in [6.07, 6.45) is 4.18. The van der Waals surface area contributed by atoms with Crippen LogP contribution < -0.4 is 0 Å². The first-order valence-corrected chi connectivity index (χ1v) is 10.7. The van der Waals surface area contributed by atoms with Crippen LogP contribution >= 0.6 is 0 Å². The van der Waals surface area contributed by atoms with Crippen molar-refractivity contribution in [2.24, 2.45) is 0 Å². The molecule has 1 atom stereocenters. The zero-order valence-corrected chi connectivity index (χ0v) is 17.8. The third-order valence-electron chi connectivity index (χ3n) is 6.06. The molecule has 2 saturated heterocycles. The van der Waals surface area contributed by atoms with E-state index in [-0.39, 0.29) is 23.2 Å². The minimum atomic E-state index is -0.501. The van der Waals surface area contributed by atoms with Crippen molar-refractivity contribution in [2.45, 2.75) is 69.7 Å². The SMILES string of the molecule is CC(C)(C)OC(=O)N1CCCC2(CC1)CN(C(=O)c1ccccc1)CC1(CC1)O2. The molecule has 1 saturated carbocycles. The summed E-state index contributed by atoms with van der Waals surface area (Å²) < 4.78 is 12.2. The van der Waals surface area contributed by atoms with E-state index in [2.05, 4.69) is 0 Å².